The number of benzene rings is 10. The van der Waals surface area contributed by atoms with E-state index in [9.17, 15) is 0 Å². The van der Waals surface area contributed by atoms with Gasteiger partial charge in [0.1, 0.15) is 11.5 Å². The average Bonchev–Trinajstić information content (AvgIpc) is 3.99. The van der Waals surface area contributed by atoms with Crippen molar-refractivity contribution < 1.29 is 4.74 Å². The van der Waals surface area contributed by atoms with E-state index in [1.165, 1.54) is 85.6 Å². The largest absolute Gasteiger partial charge is 0.457 e. The van der Waals surface area contributed by atoms with Gasteiger partial charge in [-0.25, -0.2) is 0 Å². The van der Waals surface area contributed by atoms with Crippen molar-refractivity contribution in [3.8, 4) is 33.8 Å². The highest BCUT2D eigenvalue weighted by molar-refractivity contribution is 7.99. The van der Waals surface area contributed by atoms with Gasteiger partial charge in [-0.2, -0.15) is 0 Å². The summed E-state index contributed by atoms with van der Waals surface area (Å²) < 4.78 is 9.31. The normalized spacial score (nSPS) is 14.7. The van der Waals surface area contributed by atoms with Crippen LogP contribution in [0.1, 0.15) is 44.5 Å². The summed E-state index contributed by atoms with van der Waals surface area (Å²) in [5.74, 6) is 1.79. The van der Waals surface area contributed by atoms with Crippen LogP contribution in [0.5, 0.6) is 11.5 Å². The van der Waals surface area contributed by atoms with Gasteiger partial charge < -0.3 is 9.64 Å². The maximum absolute atomic E-state index is 6.74. The smallest absolute Gasteiger partial charge is 0.132 e. The van der Waals surface area contributed by atoms with E-state index in [4.69, 9.17) is 4.74 Å². The number of hydrogen-bond donors (Lipinski definition) is 0. The highest BCUT2D eigenvalue weighted by Gasteiger charge is 2.53. The van der Waals surface area contributed by atoms with Crippen molar-refractivity contribution in [2.24, 2.45) is 0 Å². The Labute approximate surface area is 391 Å². The predicted molar refractivity (Wildman–Crippen MR) is 273 cm³/mol. The molecule has 308 valence electrons. The lowest BCUT2D eigenvalue weighted by Crippen LogP contribution is -2.32. The first-order valence-corrected chi connectivity index (χ1v) is 24.3. The molecular weight excluding hydrogens is 839 g/mol. The molecule has 11 aromatic rings. The Morgan fingerprint density at radius 3 is 1.61 bits per heavy atom. The minimum absolute atomic E-state index is 0.508. The van der Waals surface area contributed by atoms with Crippen LogP contribution in [0.25, 0.3) is 42.4 Å². The van der Waals surface area contributed by atoms with Gasteiger partial charge in [0.15, 0.2) is 0 Å². The molecule has 0 fully saturated rings. The number of nitrogens with zero attached hydrogens (tertiary/aromatic N) is 1. The van der Waals surface area contributed by atoms with Crippen LogP contribution in [0.15, 0.2) is 234 Å². The van der Waals surface area contributed by atoms with Crippen molar-refractivity contribution >= 4 is 60.3 Å². The molecule has 0 amide bonds. The lowest BCUT2D eigenvalue weighted by atomic mass is 9.66. The Hall–Kier alpha value is -7.63. The first-order valence-electron chi connectivity index (χ1n) is 22.7. The van der Waals surface area contributed by atoms with Gasteiger partial charge in [0.2, 0.25) is 0 Å². The lowest BCUT2D eigenvalue weighted by Gasteiger charge is -2.40. The van der Waals surface area contributed by atoms with Crippen LogP contribution in [-0.2, 0) is 10.8 Å². The fourth-order valence-corrected chi connectivity index (χ4v) is 14.7. The number of ether oxygens (including phenoxy) is 1. The fourth-order valence-electron chi connectivity index (χ4n) is 12.3. The van der Waals surface area contributed by atoms with E-state index in [2.05, 4.69) is 229 Å². The van der Waals surface area contributed by atoms with Crippen molar-refractivity contribution in [2.45, 2.75) is 20.6 Å². The molecule has 66 heavy (non-hydrogen) atoms. The second-order valence-electron chi connectivity index (χ2n) is 17.8. The van der Waals surface area contributed by atoms with Gasteiger partial charge in [-0.15, -0.1) is 11.3 Å². The van der Waals surface area contributed by atoms with E-state index < -0.39 is 10.8 Å². The maximum Gasteiger partial charge on any atom is 0.132 e. The standard InChI is InChI=1S/C62H37NOS2/c1-4-19-45-40(16-1)41-34-32-38(36-52(41)62(45)49-23-8-13-30-57(49)66-58-31-14-9-24-50(58)62)63(39-33-35-43-42-17-3-12-29-56(42)65-59(43)37-39)53-26-15-25-51-60(53)44-18-2-5-20-46(44)61(51)47-21-6-10-27-54(47)64-55-28-11-7-22-48(55)61/h1-37H. The molecule has 0 N–H and O–H groups in total. The molecule has 2 nitrogen and oxygen atoms in total. The first-order chi connectivity index (χ1) is 32.7. The quantitative estimate of drug-likeness (QED) is 0.175. The zero-order chi connectivity index (χ0) is 43.1. The topological polar surface area (TPSA) is 12.5 Å². The van der Waals surface area contributed by atoms with E-state index in [0.717, 1.165) is 39.7 Å². The fraction of sp³-hybridized carbons (Fsp3) is 0.0323. The Morgan fingerprint density at radius 1 is 0.348 bits per heavy atom. The molecule has 0 bridgehead atoms. The summed E-state index contributed by atoms with van der Waals surface area (Å²) in [6.07, 6.45) is 0. The van der Waals surface area contributed by atoms with Gasteiger partial charge in [0, 0.05) is 58.0 Å². The molecule has 0 saturated carbocycles. The van der Waals surface area contributed by atoms with Crippen molar-refractivity contribution in [2.75, 3.05) is 4.90 Å². The Morgan fingerprint density at radius 2 is 0.864 bits per heavy atom. The highest BCUT2D eigenvalue weighted by atomic mass is 32.2. The average molecular weight is 876 g/mol. The summed E-state index contributed by atoms with van der Waals surface area (Å²) in [7, 11) is 0. The van der Waals surface area contributed by atoms with Crippen LogP contribution < -0.4 is 9.64 Å². The zero-order valence-electron chi connectivity index (χ0n) is 35.5. The van der Waals surface area contributed by atoms with E-state index >= 15 is 0 Å². The second-order valence-corrected chi connectivity index (χ2v) is 20.0. The van der Waals surface area contributed by atoms with E-state index in [1.807, 2.05) is 23.1 Å². The second kappa shape index (κ2) is 13.5. The third kappa shape index (κ3) is 4.62. The minimum Gasteiger partial charge on any atom is -0.457 e. The van der Waals surface area contributed by atoms with Crippen LogP contribution in [-0.4, -0.2) is 0 Å². The van der Waals surface area contributed by atoms with Crippen LogP contribution in [0.4, 0.5) is 17.1 Å². The Kier molecular flexibility index (Phi) is 7.48. The van der Waals surface area contributed by atoms with E-state index in [-0.39, 0.29) is 0 Å². The van der Waals surface area contributed by atoms with Crippen LogP contribution in [0.3, 0.4) is 0 Å². The molecule has 4 heteroatoms. The molecule has 3 heterocycles. The summed E-state index contributed by atoms with van der Waals surface area (Å²) >= 11 is 3.76. The van der Waals surface area contributed by atoms with E-state index in [0.29, 0.717) is 0 Å². The maximum atomic E-state index is 6.74. The molecule has 2 aliphatic carbocycles. The number of para-hydroxylation sites is 2. The summed E-state index contributed by atoms with van der Waals surface area (Å²) in [5.41, 5.74) is 17.5. The molecule has 15 rings (SSSR count). The molecular formula is C62H37NOS2. The van der Waals surface area contributed by atoms with E-state index in [1.54, 1.807) is 0 Å². The number of anilines is 3. The number of thiophene rings is 1. The number of rotatable bonds is 3. The van der Waals surface area contributed by atoms with Gasteiger partial charge >= 0.3 is 0 Å². The van der Waals surface area contributed by atoms with Crippen LogP contribution in [0, 0.1) is 0 Å². The summed E-state index contributed by atoms with van der Waals surface area (Å²) in [4.78, 5) is 5.16. The van der Waals surface area contributed by atoms with Crippen LogP contribution in [0.2, 0.25) is 0 Å². The molecule has 1 aromatic heterocycles. The van der Waals surface area contributed by atoms with Gasteiger partial charge in [0.05, 0.1) is 16.5 Å². The molecule has 0 atom stereocenters. The molecule has 2 spiro atoms. The SMILES string of the molecule is c1ccc2c(c1)Oc1ccccc1C21c2ccccc2-c2c(N(c3ccc4c(c3)C3(c5ccccc5Sc5ccccc53)c3ccccc3-4)c3ccc4c(c3)sc3ccccc34)cccc21. The molecule has 10 aromatic carbocycles. The number of fused-ring (bicyclic) bond motifs is 21. The van der Waals surface area contributed by atoms with Gasteiger partial charge in [-0.1, -0.05) is 176 Å². The Bertz CT molecular complexity index is 3790. The molecule has 0 radical (unpaired) electrons. The predicted octanol–water partition coefficient (Wildman–Crippen LogP) is 16.8. The molecule has 2 aliphatic heterocycles. The Balaban J connectivity index is 1.05. The van der Waals surface area contributed by atoms with Gasteiger partial charge in [-0.05, 0) is 111 Å². The van der Waals surface area contributed by atoms with Crippen molar-refractivity contribution in [3.63, 3.8) is 0 Å². The summed E-state index contributed by atoms with van der Waals surface area (Å²) in [5, 5.41) is 2.59. The lowest BCUT2D eigenvalue weighted by molar-refractivity contribution is 0.436. The minimum atomic E-state index is -0.592. The van der Waals surface area contributed by atoms with Crippen LogP contribution >= 0.6 is 23.1 Å². The molecule has 0 unspecified atom stereocenters. The summed E-state index contributed by atoms with van der Waals surface area (Å²) in [6, 6.07) is 83.9. The number of hydrogen-bond acceptors (Lipinski definition) is 4. The van der Waals surface area contributed by atoms with Crippen molar-refractivity contribution in [3.05, 3.63) is 269 Å². The molecule has 0 saturated heterocycles. The third-order valence-corrected chi connectivity index (χ3v) is 17.1. The van der Waals surface area contributed by atoms with Crippen molar-refractivity contribution in [1.29, 1.82) is 0 Å². The van der Waals surface area contributed by atoms with Crippen molar-refractivity contribution in [1.82, 2.24) is 0 Å². The molecule has 4 aliphatic rings. The highest BCUT2D eigenvalue weighted by Crippen LogP contribution is 2.66. The third-order valence-electron chi connectivity index (χ3n) is 14.8. The first kappa shape index (κ1) is 36.7. The zero-order valence-corrected chi connectivity index (χ0v) is 37.2. The van der Waals surface area contributed by atoms with Gasteiger partial charge in [0.25, 0.3) is 0 Å². The van der Waals surface area contributed by atoms with Gasteiger partial charge in [-0.3, -0.25) is 0 Å². The monoisotopic (exact) mass is 875 g/mol. The summed E-state index contributed by atoms with van der Waals surface area (Å²) in [6.45, 7) is 0.